The van der Waals surface area contributed by atoms with Gasteiger partial charge in [-0.05, 0) is 20.8 Å². The van der Waals surface area contributed by atoms with Gasteiger partial charge < -0.3 is 9.84 Å². The summed E-state index contributed by atoms with van der Waals surface area (Å²) in [6, 6.07) is 0.429. The predicted octanol–water partition coefficient (Wildman–Crippen LogP) is 1.80. The number of rotatable bonds is 2. The minimum absolute atomic E-state index is 0.429. The molecule has 0 aromatic carbocycles. The van der Waals surface area contributed by atoms with Crippen LogP contribution in [0.25, 0.3) is 0 Å². The monoisotopic (exact) mass is 140 g/mol. The van der Waals surface area contributed by atoms with Crippen molar-refractivity contribution in [2.75, 3.05) is 5.32 Å². The van der Waals surface area contributed by atoms with E-state index in [1.807, 2.05) is 6.92 Å². The normalized spacial score (nSPS) is 10.4. The summed E-state index contributed by atoms with van der Waals surface area (Å²) >= 11 is 0. The van der Waals surface area contributed by atoms with Crippen molar-refractivity contribution in [3.63, 3.8) is 0 Å². The molecule has 1 N–H and O–H groups in total. The quantitative estimate of drug-likeness (QED) is 0.680. The van der Waals surface area contributed by atoms with E-state index in [1.165, 1.54) is 0 Å². The molecular formula is C7H12N2O. The van der Waals surface area contributed by atoms with Gasteiger partial charge in [0.05, 0.1) is 5.69 Å². The first-order chi connectivity index (χ1) is 4.70. The topological polar surface area (TPSA) is 38.1 Å². The molecule has 0 unspecified atom stereocenters. The van der Waals surface area contributed by atoms with Crippen LogP contribution in [0.1, 0.15) is 19.5 Å². The Morgan fingerprint density at radius 3 is 2.70 bits per heavy atom. The van der Waals surface area contributed by atoms with E-state index in [0.29, 0.717) is 6.04 Å². The highest BCUT2D eigenvalue weighted by Gasteiger charge is 2.01. The van der Waals surface area contributed by atoms with E-state index >= 15 is 0 Å². The second-order valence-electron chi connectivity index (χ2n) is 2.61. The summed E-state index contributed by atoms with van der Waals surface area (Å²) in [5.41, 5.74) is 1.89. The number of aryl methyl sites for hydroxylation is 1. The first-order valence-electron chi connectivity index (χ1n) is 3.37. The van der Waals surface area contributed by atoms with Gasteiger partial charge in [0.1, 0.15) is 12.0 Å². The lowest BCUT2D eigenvalue weighted by atomic mass is 10.3. The minimum atomic E-state index is 0.429. The van der Waals surface area contributed by atoms with Crippen LogP contribution >= 0.6 is 0 Å². The summed E-state index contributed by atoms with van der Waals surface area (Å²) < 4.78 is 4.73. The van der Waals surface area contributed by atoms with E-state index in [2.05, 4.69) is 24.3 Å². The van der Waals surface area contributed by atoms with Gasteiger partial charge in [0.2, 0.25) is 0 Å². The van der Waals surface area contributed by atoms with Crippen LogP contribution in [0.5, 0.6) is 0 Å². The van der Waals surface area contributed by atoms with E-state index in [-0.39, 0.29) is 0 Å². The molecule has 0 fully saturated rings. The van der Waals surface area contributed by atoms with Crippen LogP contribution in [-0.4, -0.2) is 11.2 Å². The summed E-state index contributed by atoms with van der Waals surface area (Å²) in [6.07, 6.45) is 1.62. The number of anilines is 1. The summed E-state index contributed by atoms with van der Waals surface area (Å²) in [7, 11) is 0. The van der Waals surface area contributed by atoms with E-state index < -0.39 is 0 Å². The smallest absolute Gasteiger partial charge is 0.147 e. The molecule has 0 aliphatic rings. The first-order valence-corrected chi connectivity index (χ1v) is 3.37. The molecule has 0 saturated heterocycles. The highest BCUT2D eigenvalue weighted by molar-refractivity contribution is 5.44. The Balaban J connectivity index is 2.65. The van der Waals surface area contributed by atoms with Gasteiger partial charge in [0.25, 0.3) is 0 Å². The van der Waals surface area contributed by atoms with E-state index in [0.717, 1.165) is 11.4 Å². The molecule has 0 amide bonds. The maximum Gasteiger partial charge on any atom is 0.147 e. The Morgan fingerprint density at radius 2 is 2.30 bits per heavy atom. The van der Waals surface area contributed by atoms with Crippen LogP contribution in [-0.2, 0) is 0 Å². The summed E-state index contributed by atoms with van der Waals surface area (Å²) in [5, 5.41) is 6.93. The molecule has 0 aliphatic heterocycles. The fourth-order valence-electron chi connectivity index (χ4n) is 0.742. The maximum absolute atomic E-state index is 4.73. The summed E-state index contributed by atoms with van der Waals surface area (Å²) in [4.78, 5) is 0. The van der Waals surface area contributed by atoms with Crippen molar-refractivity contribution in [3.8, 4) is 0 Å². The fraction of sp³-hybridized carbons (Fsp3) is 0.571. The highest BCUT2D eigenvalue weighted by Crippen LogP contribution is 2.12. The van der Waals surface area contributed by atoms with Crippen LogP contribution in [0.3, 0.4) is 0 Å². The van der Waals surface area contributed by atoms with Crippen LogP contribution in [0.15, 0.2) is 10.8 Å². The van der Waals surface area contributed by atoms with Crippen molar-refractivity contribution in [1.29, 1.82) is 0 Å². The molecule has 0 bridgehead atoms. The molecule has 1 aromatic rings. The fourth-order valence-corrected chi connectivity index (χ4v) is 0.742. The Bertz CT molecular complexity index is 205. The summed E-state index contributed by atoms with van der Waals surface area (Å²) in [5.74, 6) is 0. The SMILES string of the molecule is Cc1nocc1NC(C)C. The van der Waals surface area contributed by atoms with Crippen molar-refractivity contribution < 1.29 is 4.52 Å². The molecule has 0 spiro atoms. The van der Waals surface area contributed by atoms with Crippen LogP contribution in [0.4, 0.5) is 5.69 Å². The lowest BCUT2D eigenvalue weighted by Crippen LogP contribution is -2.09. The molecule has 3 nitrogen and oxygen atoms in total. The Hall–Kier alpha value is -0.990. The van der Waals surface area contributed by atoms with Crippen molar-refractivity contribution in [1.82, 2.24) is 5.16 Å². The third-order valence-corrected chi connectivity index (χ3v) is 1.19. The van der Waals surface area contributed by atoms with Gasteiger partial charge in [0, 0.05) is 6.04 Å². The molecule has 0 saturated carbocycles. The number of hydrogen-bond donors (Lipinski definition) is 1. The standard InChI is InChI=1S/C7H12N2O/c1-5(2)8-7-4-10-9-6(7)3/h4-5,8H,1-3H3. The molecule has 1 heterocycles. The van der Waals surface area contributed by atoms with Gasteiger partial charge in [-0.2, -0.15) is 0 Å². The molecule has 3 heteroatoms. The summed E-state index contributed by atoms with van der Waals surface area (Å²) in [6.45, 7) is 6.06. The molecular weight excluding hydrogens is 128 g/mol. The molecule has 1 rings (SSSR count). The third-order valence-electron chi connectivity index (χ3n) is 1.19. The van der Waals surface area contributed by atoms with Crippen molar-refractivity contribution in [3.05, 3.63) is 12.0 Å². The van der Waals surface area contributed by atoms with E-state index in [1.54, 1.807) is 6.26 Å². The Labute approximate surface area is 60.4 Å². The van der Waals surface area contributed by atoms with Gasteiger partial charge in [-0.15, -0.1) is 0 Å². The number of nitrogens with zero attached hydrogens (tertiary/aromatic N) is 1. The van der Waals surface area contributed by atoms with Gasteiger partial charge in [0.15, 0.2) is 0 Å². The maximum atomic E-state index is 4.73. The minimum Gasteiger partial charge on any atom is -0.379 e. The van der Waals surface area contributed by atoms with E-state index in [4.69, 9.17) is 4.52 Å². The van der Waals surface area contributed by atoms with Crippen molar-refractivity contribution >= 4 is 5.69 Å². The van der Waals surface area contributed by atoms with E-state index in [9.17, 15) is 0 Å². The Kier molecular flexibility index (Phi) is 1.94. The third kappa shape index (κ3) is 1.50. The van der Waals surface area contributed by atoms with Gasteiger partial charge in [-0.3, -0.25) is 0 Å². The van der Waals surface area contributed by atoms with Crippen molar-refractivity contribution in [2.45, 2.75) is 26.8 Å². The molecule has 10 heavy (non-hydrogen) atoms. The average molecular weight is 140 g/mol. The number of hydrogen-bond acceptors (Lipinski definition) is 3. The van der Waals surface area contributed by atoms with Crippen LogP contribution < -0.4 is 5.32 Å². The largest absolute Gasteiger partial charge is 0.379 e. The molecule has 0 atom stereocenters. The highest BCUT2D eigenvalue weighted by atomic mass is 16.5. The first kappa shape index (κ1) is 7.12. The van der Waals surface area contributed by atoms with Gasteiger partial charge in [-0.25, -0.2) is 0 Å². The number of nitrogens with one attached hydrogen (secondary N) is 1. The van der Waals surface area contributed by atoms with Crippen LogP contribution in [0, 0.1) is 6.92 Å². The lowest BCUT2D eigenvalue weighted by molar-refractivity contribution is 0.415. The zero-order chi connectivity index (χ0) is 7.56. The van der Waals surface area contributed by atoms with Gasteiger partial charge in [-0.1, -0.05) is 5.16 Å². The predicted molar refractivity (Wildman–Crippen MR) is 40.0 cm³/mol. The lowest BCUT2D eigenvalue weighted by Gasteiger charge is -2.05. The molecule has 1 aromatic heterocycles. The van der Waals surface area contributed by atoms with Crippen molar-refractivity contribution in [2.24, 2.45) is 0 Å². The molecule has 0 radical (unpaired) electrons. The zero-order valence-corrected chi connectivity index (χ0v) is 6.51. The Morgan fingerprint density at radius 1 is 1.60 bits per heavy atom. The number of aromatic nitrogens is 1. The van der Waals surface area contributed by atoms with Gasteiger partial charge >= 0.3 is 0 Å². The second kappa shape index (κ2) is 2.73. The second-order valence-corrected chi connectivity index (χ2v) is 2.61. The average Bonchev–Trinajstić information content (AvgIpc) is 2.15. The zero-order valence-electron chi connectivity index (χ0n) is 6.51. The molecule has 56 valence electrons. The van der Waals surface area contributed by atoms with Crippen LogP contribution in [0.2, 0.25) is 0 Å². The molecule has 0 aliphatic carbocycles.